The van der Waals surface area contributed by atoms with Gasteiger partial charge in [0.15, 0.2) is 0 Å². The topological polar surface area (TPSA) is 129 Å². The normalized spacial score (nSPS) is 20.6. The van der Waals surface area contributed by atoms with Gasteiger partial charge in [0.25, 0.3) is 5.91 Å². The number of pyridine rings is 1. The second-order valence-electron chi connectivity index (χ2n) is 9.12. The molecule has 10 nitrogen and oxygen atoms in total. The summed E-state index contributed by atoms with van der Waals surface area (Å²) in [4.78, 5) is 51.9. The lowest BCUT2D eigenvalue weighted by molar-refractivity contribution is -0.121. The van der Waals surface area contributed by atoms with Gasteiger partial charge in [-0.05, 0) is 48.6 Å². The van der Waals surface area contributed by atoms with E-state index in [1.165, 1.54) is 11.2 Å². The number of nitrogens with zero attached hydrogens (tertiary/aromatic N) is 4. The third kappa shape index (κ3) is 3.67. The highest BCUT2D eigenvalue weighted by Gasteiger charge is 2.51. The summed E-state index contributed by atoms with van der Waals surface area (Å²) in [6.07, 6.45) is 4.94. The largest absolute Gasteiger partial charge is 0.354 e. The van der Waals surface area contributed by atoms with E-state index in [0.29, 0.717) is 44.0 Å². The zero-order valence-corrected chi connectivity index (χ0v) is 18.9. The molecule has 1 saturated heterocycles. The Bertz CT molecular complexity index is 1370. The molecule has 2 aromatic heterocycles. The van der Waals surface area contributed by atoms with Crippen LogP contribution in [-0.2, 0) is 27.8 Å². The average molecular weight is 470 g/mol. The zero-order chi connectivity index (χ0) is 24.0. The van der Waals surface area contributed by atoms with E-state index < -0.39 is 5.41 Å². The SMILES string of the molecule is O=C1CN(C(=O)c2cc(Nc3ccc4c(c3)CC3(C4)C(=O)Nc4ncccc43)ncn2)CCCN1. The number of amides is 3. The molecule has 2 aliphatic heterocycles. The van der Waals surface area contributed by atoms with Crippen LogP contribution in [0.25, 0.3) is 0 Å². The maximum absolute atomic E-state index is 12.9. The minimum Gasteiger partial charge on any atom is -0.354 e. The molecule has 4 heterocycles. The van der Waals surface area contributed by atoms with Crippen LogP contribution in [0.3, 0.4) is 0 Å². The lowest BCUT2D eigenvalue weighted by Crippen LogP contribution is -2.37. The predicted molar refractivity (Wildman–Crippen MR) is 127 cm³/mol. The fraction of sp³-hybridized carbons (Fsp3) is 0.280. The summed E-state index contributed by atoms with van der Waals surface area (Å²) in [5.74, 6) is 0.627. The summed E-state index contributed by atoms with van der Waals surface area (Å²) >= 11 is 0. The molecule has 1 aromatic carbocycles. The van der Waals surface area contributed by atoms with Crippen LogP contribution in [0.1, 0.15) is 33.6 Å². The van der Waals surface area contributed by atoms with Gasteiger partial charge in [0.2, 0.25) is 11.8 Å². The van der Waals surface area contributed by atoms with Crippen molar-refractivity contribution in [1.29, 1.82) is 0 Å². The van der Waals surface area contributed by atoms with Gasteiger partial charge in [0.1, 0.15) is 23.7 Å². The molecule has 3 amide bonds. The van der Waals surface area contributed by atoms with Crippen LogP contribution in [0.2, 0.25) is 0 Å². The molecule has 0 bridgehead atoms. The Balaban J connectivity index is 1.22. The van der Waals surface area contributed by atoms with Crippen molar-refractivity contribution in [3.8, 4) is 0 Å². The van der Waals surface area contributed by atoms with Crippen LogP contribution < -0.4 is 16.0 Å². The first-order valence-corrected chi connectivity index (χ1v) is 11.6. The van der Waals surface area contributed by atoms with Crippen molar-refractivity contribution < 1.29 is 14.4 Å². The van der Waals surface area contributed by atoms with Gasteiger partial charge in [-0.15, -0.1) is 0 Å². The molecular formula is C25H23N7O3. The molecule has 176 valence electrons. The molecule has 3 N–H and O–H groups in total. The highest BCUT2D eigenvalue weighted by Crippen LogP contribution is 2.47. The summed E-state index contributed by atoms with van der Waals surface area (Å²) in [6.45, 7) is 1.07. The lowest BCUT2D eigenvalue weighted by atomic mass is 9.79. The predicted octanol–water partition coefficient (Wildman–Crippen LogP) is 1.57. The summed E-state index contributed by atoms with van der Waals surface area (Å²) < 4.78 is 0. The van der Waals surface area contributed by atoms with Gasteiger partial charge in [-0.25, -0.2) is 15.0 Å². The molecule has 1 aliphatic carbocycles. The number of rotatable bonds is 3. The van der Waals surface area contributed by atoms with Crippen LogP contribution in [0.4, 0.5) is 17.3 Å². The molecule has 3 aliphatic rings. The number of carbonyl (C=O) groups excluding carboxylic acids is 3. The Morgan fingerprint density at radius 2 is 1.94 bits per heavy atom. The second kappa shape index (κ2) is 8.15. The Hall–Kier alpha value is -4.34. The third-order valence-corrected chi connectivity index (χ3v) is 6.89. The highest BCUT2D eigenvalue weighted by atomic mass is 16.2. The zero-order valence-electron chi connectivity index (χ0n) is 18.9. The summed E-state index contributed by atoms with van der Waals surface area (Å²) in [5.41, 5.74) is 3.55. The van der Waals surface area contributed by atoms with Crippen molar-refractivity contribution in [2.45, 2.75) is 24.7 Å². The number of hydrogen-bond donors (Lipinski definition) is 3. The van der Waals surface area contributed by atoms with E-state index in [0.717, 1.165) is 22.4 Å². The monoisotopic (exact) mass is 469 g/mol. The Labute approximate surface area is 201 Å². The molecular weight excluding hydrogens is 446 g/mol. The van der Waals surface area contributed by atoms with Crippen molar-refractivity contribution in [2.75, 3.05) is 30.3 Å². The van der Waals surface area contributed by atoms with Crippen molar-refractivity contribution in [3.05, 3.63) is 71.3 Å². The number of carbonyl (C=O) groups is 3. The van der Waals surface area contributed by atoms with E-state index in [1.807, 2.05) is 30.3 Å². The number of aromatic nitrogens is 3. The van der Waals surface area contributed by atoms with Crippen molar-refractivity contribution in [3.63, 3.8) is 0 Å². The number of hydrogen-bond acceptors (Lipinski definition) is 7. The average Bonchev–Trinajstić information content (AvgIpc) is 3.28. The molecule has 6 rings (SSSR count). The van der Waals surface area contributed by atoms with E-state index in [1.54, 1.807) is 12.3 Å². The summed E-state index contributed by atoms with van der Waals surface area (Å²) in [5, 5.41) is 8.94. The van der Waals surface area contributed by atoms with Gasteiger partial charge in [0, 0.05) is 36.6 Å². The Morgan fingerprint density at radius 3 is 2.86 bits per heavy atom. The molecule has 35 heavy (non-hydrogen) atoms. The van der Waals surface area contributed by atoms with Crippen LogP contribution in [0.5, 0.6) is 0 Å². The van der Waals surface area contributed by atoms with Crippen molar-refractivity contribution >= 4 is 35.0 Å². The molecule has 10 heteroatoms. The minimum absolute atomic E-state index is 0.0157. The van der Waals surface area contributed by atoms with Gasteiger partial charge in [-0.3, -0.25) is 14.4 Å². The minimum atomic E-state index is -0.626. The quantitative estimate of drug-likeness (QED) is 0.531. The summed E-state index contributed by atoms with van der Waals surface area (Å²) in [7, 11) is 0. The molecule has 3 aromatic rings. The van der Waals surface area contributed by atoms with Crippen LogP contribution in [0, 0.1) is 0 Å². The van der Waals surface area contributed by atoms with E-state index in [2.05, 4.69) is 30.9 Å². The standard InChI is InChI=1S/C25H23N7O3/c33-21-13-32(8-2-7-26-21)23(34)19-10-20(29-14-28-19)30-17-5-4-15-11-25(12-16(15)9-17)18-3-1-6-27-22(18)31-24(25)35/h1,3-6,9-10,14H,2,7-8,11-13H2,(H,26,33)(H,27,31,35)(H,28,29,30). The maximum Gasteiger partial charge on any atom is 0.273 e. The van der Waals surface area contributed by atoms with Crippen LogP contribution >= 0.6 is 0 Å². The molecule has 1 spiro atoms. The van der Waals surface area contributed by atoms with Gasteiger partial charge >= 0.3 is 0 Å². The van der Waals surface area contributed by atoms with E-state index >= 15 is 0 Å². The number of nitrogens with one attached hydrogen (secondary N) is 3. The molecule has 1 fully saturated rings. The highest BCUT2D eigenvalue weighted by molar-refractivity contribution is 6.06. The van der Waals surface area contributed by atoms with Crippen LogP contribution in [0.15, 0.2) is 48.9 Å². The van der Waals surface area contributed by atoms with E-state index in [9.17, 15) is 14.4 Å². The van der Waals surface area contributed by atoms with E-state index in [-0.39, 0.29) is 30.0 Å². The third-order valence-electron chi connectivity index (χ3n) is 6.89. The fourth-order valence-electron chi connectivity index (χ4n) is 5.18. The molecule has 0 radical (unpaired) electrons. The van der Waals surface area contributed by atoms with Crippen molar-refractivity contribution in [2.24, 2.45) is 0 Å². The Morgan fingerprint density at radius 1 is 1.06 bits per heavy atom. The number of fused-ring (bicyclic) bond motifs is 3. The van der Waals surface area contributed by atoms with Gasteiger partial charge in [0.05, 0.1) is 12.0 Å². The smallest absolute Gasteiger partial charge is 0.273 e. The molecule has 0 saturated carbocycles. The number of benzene rings is 1. The molecule has 1 unspecified atom stereocenters. The van der Waals surface area contributed by atoms with Crippen molar-refractivity contribution in [1.82, 2.24) is 25.2 Å². The Kier molecular flexibility index (Phi) is 4.94. The van der Waals surface area contributed by atoms with Gasteiger partial charge in [-0.2, -0.15) is 0 Å². The first-order valence-electron chi connectivity index (χ1n) is 11.6. The van der Waals surface area contributed by atoms with E-state index in [4.69, 9.17) is 0 Å². The summed E-state index contributed by atoms with van der Waals surface area (Å²) in [6, 6.07) is 11.4. The van der Waals surface area contributed by atoms with Gasteiger partial charge < -0.3 is 20.9 Å². The first-order chi connectivity index (χ1) is 17.0. The van der Waals surface area contributed by atoms with Crippen LogP contribution in [-0.4, -0.2) is 57.2 Å². The fourth-order valence-corrected chi connectivity index (χ4v) is 5.18. The second-order valence-corrected chi connectivity index (χ2v) is 9.12. The first kappa shape index (κ1) is 21.2. The van der Waals surface area contributed by atoms with Gasteiger partial charge in [-0.1, -0.05) is 12.1 Å². The maximum atomic E-state index is 12.9. The lowest BCUT2D eigenvalue weighted by Gasteiger charge is -2.20. The number of anilines is 3. The molecule has 1 atom stereocenters.